The molecule has 26 heavy (non-hydrogen) atoms. The van der Waals surface area contributed by atoms with Gasteiger partial charge >= 0.3 is 0 Å². The van der Waals surface area contributed by atoms with Gasteiger partial charge in [-0.1, -0.05) is 11.6 Å². The molecule has 2 N–H and O–H groups in total. The first-order valence-corrected chi connectivity index (χ1v) is 8.96. The van der Waals surface area contributed by atoms with E-state index in [1.807, 2.05) is 0 Å². The maximum atomic E-state index is 14.3. The van der Waals surface area contributed by atoms with Gasteiger partial charge in [-0.15, -0.1) is 0 Å². The molecule has 0 aliphatic heterocycles. The van der Waals surface area contributed by atoms with Crippen LogP contribution < -0.4 is 5.32 Å². The van der Waals surface area contributed by atoms with E-state index in [9.17, 15) is 4.39 Å². The number of fused-ring (bicyclic) bond motifs is 1. The maximum Gasteiger partial charge on any atom is 0.183 e. The number of anilines is 1. The summed E-state index contributed by atoms with van der Waals surface area (Å²) >= 11 is 6.05. The van der Waals surface area contributed by atoms with Gasteiger partial charge in [-0.25, -0.2) is 19.3 Å². The first kappa shape index (κ1) is 17.2. The Bertz CT molecular complexity index is 931. The van der Waals surface area contributed by atoms with Gasteiger partial charge in [0.15, 0.2) is 17.5 Å². The number of rotatable bonds is 4. The molecule has 1 saturated carbocycles. The van der Waals surface area contributed by atoms with Crippen molar-refractivity contribution in [3.05, 3.63) is 35.5 Å². The quantitative estimate of drug-likeness (QED) is 0.715. The molecule has 0 spiro atoms. The van der Waals surface area contributed by atoms with Crippen LogP contribution in [-0.2, 0) is 4.74 Å². The summed E-state index contributed by atoms with van der Waals surface area (Å²) < 4.78 is 19.7. The number of aromatic amines is 1. The van der Waals surface area contributed by atoms with Gasteiger partial charge in [-0.05, 0) is 31.7 Å². The summed E-state index contributed by atoms with van der Waals surface area (Å²) in [6, 6.07) is 1.92. The van der Waals surface area contributed by atoms with Crippen molar-refractivity contribution in [2.45, 2.75) is 37.8 Å². The van der Waals surface area contributed by atoms with Crippen molar-refractivity contribution in [3.8, 4) is 11.4 Å². The van der Waals surface area contributed by atoms with Gasteiger partial charge in [0.1, 0.15) is 5.65 Å². The topological polar surface area (TPSA) is 75.7 Å². The van der Waals surface area contributed by atoms with E-state index in [1.54, 1.807) is 25.6 Å². The number of pyridine rings is 1. The fourth-order valence-corrected chi connectivity index (χ4v) is 3.60. The molecule has 2 atom stereocenters. The lowest BCUT2D eigenvalue weighted by Crippen LogP contribution is -2.31. The summed E-state index contributed by atoms with van der Waals surface area (Å²) in [5.74, 6) is 0.161. The van der Waals surface area contributed by atoms with Crippen LogP contribution in [0.2, 0.25) is 5.02 Å². The highest BCUT2D eigenvalue weighted by Gasteiger charge is 2.23. The number of methoxy groups -OCH3 is 1. The first-order valence-electron chi connectivity index (χ1n) is 8.59. The molecule has 136 valence electrons. The van der Waals surface area contributed by atoms with Crippen molar-refractivity contribution in [1.29, 1.82) is 0 Å². The maximum absolute atomic E-state index is 14.3. The highest BCUT2D eigenvalue weighted by atomic mass is 35.5. The molecule has 3 aromatic heterocycles. The number of nitrogens with one attached hydrogen (secondary N) is 2. The van der Waals surface area contributed by atoms with Crippen LogP contribution in [0.5, 0.6) is 0 Å². The molecule has 0 radical (unpaired) electrons. The Morgan fingerprint density at radius 2 is 2.19 bits per heavy atom. The molecule has 6 nitrogen and oxygen atoms in total. The van der Waals surface area contributed by atoms with E-state index in [4.69, 9.17) is 16.3 Å². The number of ether oxygens (including phenoxy) is 1. The molecular formula is C18H19ClFN5O. The molecule has 0 amide bonds. The molecular weight excluding hydrogens is 357 g/mol. The van der Waals surface area contributed by atoms with E-state index < -0.39 is 5.82 Å². The largest absolute Gasteiger partial charge is 0.381 e. The lowest BCUT2D eigenvalue weighted by atomic mass is 9.93. The third-order valence-corrected chi connectivity index (χ3v) is 4.99. The van der Waals surface area contributed by atoms with Crippen LogP contribution in [-0.4, -0.2) is 39.2 Å². The van der Waals surface area contributed by atoms with Gasteiger partial charge in [0.2, 0.25) is 0 Å². The van der Waals surface area contributed by atoms with Crippen LogP contribution in [0.25, 0.3) is 22.4 Å². The Kier molecular flexibility index (Phi) is 4.74. The number of nitrogens with zero attached hydrogens (tertiary/aromatic N) is 3. The second kappa shape index (κ2) is 7.17. The zero-order valence-corrected chi connectivity index (χ0v) is 15.1. The van der Waals surface area contributed by atoms with Crippen molar-refractivity contribution >= 4 is 28.5 Å². The Labute approximate surface area is 155 Å². The van der Waals surface area contributed by atoms with Gasteiger partial charge in [0.05, 0.1) is 17.3 Å². The molecule has 2 unspecified atom stereocenters. The van der Waals surface area contributed by atoms with Gasteiger partial charge in [0, 0.05) is 36.5 Å². The Morgan fingerprint density at radius 3 is 3.04 bits per heavy atom. The Hall–Kier alpha value is -2.25. The van der Waals surface area contributed by atoms with E-state index >= 15 is 0 Å². The summed E-state index contributed by atoms with van der Waals surface area (Å²) in [5, 5.41) is 4.54. The second-order valence-electron chi connectivity index (χ2n) is 6.51. The van der Waals surface area contributed by atoms with Crippen molar-refractivity contribution in [1.82, 2.24) is 19.9 Å². The molecule has 3 aromatic rings. The molecule has 3 heterocycles. The number of hydrogen-bond donors (Lipinski definition) is 2. The van der Waals surface area contributed by atoms with E-state index in [-0.39, 0.29) is 18.0 Å². The minimum atomic E-state index is -0.468. The van der Waals surface area contributed by atoms with Crippen LogP contribution >= 0.6 is 11.6 Å². The Morgan fingerprint density at radius 1 is 1.31 bits per heavy atom. The van der Waals surface area contributed by atoms with E-state index in [0.29, 0.717) is 16.5 Å². The molecule has 8 heteroatoms. The number of aromatic nitrogens is 4. The van der Waals surface area contributed by atoms with Crippen molar-refractivity contribution in [2.24, 2.45) is 0 Å². The molecule has 0 aromatic carbocycles. The van der Waals surface area contributed by atoms with Crippen molar-refractivity contribution in [3.63, 3.8) is 0 Å². The lowest BCUT2D eigenvalue weighted by molar-refractivity contribution is 0.0668. The van der Waals surface area contributed by atoms with Crippen LogP contribution in [0.4, 0.5) is 10.2 Å². The van der Waals surface area contributed by atoms with Gasteiger partial charge in [-0.2, -0.15) is 0 Å². The second-order valence-corrected chi connectivity index (χ2v) is 6.94. The molecule has 1 aliphatic carbocycles. The number of hydrogen-bond acceptors (Lipinski definition) is 5. The standard InChI is InChI=1S/C18H19ClFN5O/c1-26-12-4-2-3-11(6-12)24-18-15(20)9-23-17(25-18)14-8-22-16-13(14)5-10(19)7-21-16/h5,7-9,11-12H,2-4,6H2,1H3,(H,21,22)(H,23,24,25). The van der Waals surface area contributed by atoms with Crippen LogP contribution in [0, 0.1) is 5.82 Å². The first-order chi connectivity index (χ1) is 12.6. The SMILES string of the molecule is COC1CCCC(Nc2nc(-c3c[nH]c4ncc(Cl)cc34)ncc2F)C1. The molecule has 1 aliphatic rings. The van der Waals surface area contributed by atoms with Crippen LogP contribution in [0.3, 0.4) is 0 Å². The van der Waals surface area contributed by atoms with Gasteiger partial charge in [0.25, 0.3) is 0 Å². The molecule has 1 fully saturated rings. The van der Waals surface area contributed by atoms with Gasteiger partial charge < -0.3 is 15.0 Å². The van der Waals surface area contributed by atoms with E-state index in [1.165, 1.54) is 6.20 Å². The number of H-pyrrole nitrogens is 1. The van der Waals surface area contributed by atoms with E-state index in [0.717, 1.165) is 36.6 Å². The van der Waals surface area contributed by atoms with E-state index in [2.05, 4.69) is 25.3 Å². The summed E-state index contributed by atoms with van der Waals surface area (Å²) in [5.41, 5.74) is 1.42. The Balaban J connectivity index is 1.64. The minimum Gasteiger partial charge on any atom is -0.381 e. The van der Waals surface area contributed by atoms with Crippen molar-refractivity contribution in [2.75, 3.05) is 12.4 Å². The zero-order chi connectivity index (χ0) is 18.1. The minimum absolute atomic E-state index is 0.130. The monoisotopic (exact) mass is 375 g/mol. The fourth-order valence-electron chi connectivity index (χ4n) is 3.44. The molecule has 0 bridgehead atoms. The summed E-state index contributed by atoms with van der Waals surface area (Å²) in [4.78, 5) is 15.8. The predicted molar refractivity (Wildman–Crippen MR) is 98.8 cm³/mol. The average molecular weight is 376 g/mol. The van der Waals surface area contributed by atoms with Crippen LogP contribution in [0.1, 0.15) is 25.7 Å². The third-order valence-electron chi connectivity index (χ3n) is 4.78. The number of halogens is 2. The lowest BCUT2D eigenvalue weighted by Gasteiger charge is -2.29. The fraction of sp³-hybridized carbons (Fsp3) is 0.389. The summed E-state index contributed by atoms with van der Waals surface area (Å²) in [6.07, 6.45) is 8.60. The van der Waals surface area contributed by atoms with Crippen LogP contribution in [0.15, 0.2) is 24.7 Å². The van der Waals surface area contributed by atoms with Crippen molar-refractivity contribution < 1.29 is 9.13 Å². The molecule has 0 saturated heterocycles. The summed E-state index contributed by atoms with van der Waals surface area (Å²) in [7, 11) is 1.71. The predicted octanol–water partition coefficient (Wildman–Crippen LogP) is 4.18. The summed E-state index contributed by atoms with van der Waals surface area (Å²) in [6.45, 7) is 0. The smallest absolute Gasteiger partial charge is 0.183 e. The molecule has 4 rings (SSSR count). The highest BCUT2D eigenvalue weighted by molar-refractivity contribution is 6.31. The normalized spacial score (nSPS) is 20.4. The average Bonchev–Trinajstić information content (AvgIpc) is 3.07. The third kappa shape index (κ3) is 3.37. The zero-order valence-electron chi connectivity index (χ0n) is 14.3. The van der Waals surface area contributed by atoms with Gasteiger partial charge in [-0.3, -0.25) is 0 Å². The highest BCUT2D eigenvalue weighted by Crippen LogP contribution is 2.29.